The van der Waals surface area contributed by atoms with Crippen molar-refractivity contribution in [2.75, 3.05) is 24.6 Å². The molecule has 2 aliphatic rings. The number of carbonyl (C=O) groups is 2. The Balaban J connectivity index is 1.29. The lowest BCUT2D eigenvalue weighted by Crippen LogP contribution is -2.48. The molecule has 2 amide bonds. The maximum absolute atomic E-state index is 13.5. The number of para-hydroxylation sites is 1. The van der Waals surface area contributed by atoms with Crippen molar-refractivity contribution in [3.8, 4) is 5.75 Å². The number of hydrogen-bond donors (Lipinski definition) is 1. The predicted octanol–water partition coefficient (Wildman–Crippen LogP) is 2.74. The molecule has 2 atom stereocenters. The monoisotopic (exact) mass is 434 g/mol. The minimum atomic E-state index is -0.696. The van der Waals surface area contributed by atoms with Crippen LogP contribution in [0, 0.1) is 11.2 Å². The molecule has 7 nitrogen and oxygen atoms in total. The second-order valence-corrected chi connectivity index (χ2v) is 8.22. The number of benzene rings is 2. The van der Waals surface area contributed by atoms with Crippen LogP contribution in [0.25, 0.3) is 0 Å². The van der Waals surface area contributed by atoms with Crippen LogP contribution in [0.2, 0.25) is 0 Å². The van der Waals surface area contributed by atoms with E-state index in [1.165, 1.54) is 12.1 Å². The summed E-state index contributed by atoms with van der Waals surface area (Å²) in [7, 11) is 0. The molecule has 8 heteroatoms. The van der Waals surface area contributed by atoms with E-state index in [9.17, 15) is 14.0 Å². The highest BCUT2D eigenvalue weighted by atomic mass is 19.1. The number of nitrogens with zero attached hydrogens (tertiary/aromatic N) is 3. The third-order valence-corrected chi connectivity index (χ3v) is 6.18. The van der Waals surface area contributed by atoms with E-state index in [0.29, 0.717) is 25.3 Å². The maximum Gasteiger partial charge on any atom is 0.240 e. The Morgan fingerprint density at radius 1 is 1.19 bits per heavy atom. The summed E-state index contributed by atoms with van der Waals surface area (Å²) < 4.78 is 20.8. The molecule has 32 heavy (non-hydrogen) atoms. The molecule has 3 aromatic rings. The lowest BCUT2D eigenvalue weighted by atomic mass is 9.92. The van der Waals surface area contributed by atoms with Gasteiger partial charge in [0.2, 0.25) is 11.8 Å². The fourth-order valence-electron chi connectivity index (χ4n) is 4.42. The molecule has 1 aliphatic heterocycles. The van der Waals surface area contributed by atoms with E-state index < -0.39 is 5.41 Å². The minimum Gasteiger partial charge on any atom is -0.492 e. The third-order valence-electron chi connectivity index (χ3n) is 6.18. The first-order valence-electron chi connectivity index (χ1n) is 10.6. The van der Waals surface area contributed by atoms with Gasteiger partial charge in [-0.2, -0.15) is 5.10 Å². The van der Waals surface area contributed by atoms with Crippen LogP contribution in [0.4, 0.5) is 10.1 Å². The lowest BCUT2D eigenvalue weighted by molar-refractivity contribution is -0.128. The third kappa shape index (κ3) is 3.72. The molecule has 5 rings (SSSR count). The van der Waals surface area contributed by atoms with Gasteiger partial charge < -0.3 is 15.0 Å². The van der Waals surface area contributed by atoms with Gasteiger partial charge in [-0.25, -0.2) is 4.39 Å². The fourth-order valence-corrected chi connectivity index (χ4v) is 4.42. The van der Waals surface area contributed by atoms with Gasteiger partial charge in [0.15, 0.2) is 0 Å². The minimum absolute atomic E-state index is 0.0556. The zero-order valence-electron chi connectivity index (χ0n) is 17.4. The van der Waals surface area contributed by atoms with E-state index in [-0.39, 0.29) is 36.7 Å². The normalized spacial score (nSPS) is 21.0. The molecule has 1 fully saturated rings. The van der Waals surface area contributed by atoms with E-state index in [1.54, 1.807) is 27.9 Å². The van der Waals surface area contributed by atoms with Crippen LogP contribution in [0.15, 0.2) is 67.0 Å². The summed E-state index contributed by atoms with van der Waals surface area (Å²) in [4.78, 5) is 27.7. The number of aromatic nitrogens is 2. The van der Waals surface area contributed by atoms with E-state index in [4.69, 9.17) is 4.74 Å². The van der Waals surface area contributed by atoms with Crippen LogP contribution < -0.4 is 15.0 Å². The molecule has 0 radical (unpaired) electrons. The SMILES string of the molecule is O=C(CN1C(=O)[C@@]2(COc3ccc(F)cc3)C[C@H]2c2ccccc21)NCCn1cccn1. The maximum atomic E-state index is 13.5. The molecule has 0 bridgehead atoms. The molecule has 0 saturated heterocycles. The van der Waals surface area contributed by atoms with E-state index >= 15 is 0 Å². The Hall–Kier alpha value is -3.68. The van der Waals surface area contributed by atoms with Crippen LogP contribution in [0.5, 0.6) is 5.75 Å². The van der Waals surface area contributed by atoms with Gasteiger partial charge in [0.1, 0.15) is 24.7 Å². The first kappa shape index (κ1) is 20.2. The topological polar surface area (TPSA) is 76.5 Å². The molecule has 1 aliphatic carbocycles. The Morgan fingerprint density at radius 3 is 2.78 bits per heavy atom. The predicted molar refractivity (Wildman–Crippen MR) is 116 cm³/mol. The van der Waals surface area contributed by atoms with E-state index in [0.717, 1.165) is 11.3 Å². The number of halogens is 1. The summed E-state index contributed by atoms with van der Waals surface area (Å²) in [5.41, 5.74) is 1.14. The molecular weight excluding hydrogens is 411 g/mol. The summed E-state index contributed by atoms with van der Waals surface area (Å²) >= 11 is 0. The van der Waals surface area contributed by atoms with Crippen LogP contribution in [0.3, 0.4) is 0 Å². The van der Waals surface area contributed by atoms with Crippen molar-refractivity contribution in [2.45, 2.75) is 18.9 Å². The second kappa shape index (κ2) is 8.11. The number of amides is 2. The van der Waals surface area contributed by atoms with Gasteiger partial charge in [-0.15, -0.1) is 0 Å². The standard InChI is InChI=1S/C24H23FN4O3/c25-17-6-8-18(9-7-17)32-16-24-14-20(24)19-4-1-2-5-21(19)29(23(24)31)15-22(30)26-11-13-28-12-3-10-27-28/h1-10,12,20H,11,13-16H2,(H,26,30)/t20-,24+/m0/s1. The van der Waals surface area contributed by atoms with Crippen LogP contribution in [0.1, 0.15) is 17.9 Å². The van der Waals surface area contributed by atoms with Gasteiger partial charge in [0.05, 0.1) is 12.0 Å². The first-order valence-corrected chi connectivity index (χ1v) is 10.6. The van der Waals surface area contributed by atoms with Crippen LogP contribution in [-0.4, -0.2) is 41.3 Å². The number of anilines is 1. The molecule has 164 valence electrons. The van der Waals surface area contributed by atoms with E-state index in [1.807, 2.05) is 36.5 Å². The molecule has 0 unspecified atom stereocenters. The average Bonchev–Trinajstić information content (AvgIpc) is 3.33. The van der Waals surface area contributed by atoms with Gasteiger partial charge >= 0.3 is 0 Å². The van der Waals surface area contributed by atoms with Gasteiger partial charge in [0.25, 0.3) is 0 Å². The largest absolute Gasteiger partial charge is 0.492 e. The Bertz CT molecular complexity index is 1130. The summed E-state index contributed by atoms with van der Waals surface area (Å²) in [5.74, 6) is -0.0986. The van der Waals surface area contributed by atoms with Crippen molar-refractivity contribution in [3.63, 3.8) is 0 Å². The van der Waals surface area contributed by atoms with Crippen molar-refractivity contribution < 1.29 is 18.7 Å². The van der Waals surface area contributed by atoms with Gasteiger partial charge in [0, 0.05) is 30.5 Å². The first-order chi connectivity index (χ1) is 15.6. The quantitative estimate of drug-likeness (QED) is 0.592. The van der Waals surface area contributed by atoms with Crippen molar-refractivity contribution in [1.29, 1.82) is 0 Å². The Morgan fingerprint density at radius 2 is 2.00 bits per heavy atom. The lowest BCUT2D eigenvalue weighted by Gasteiger charge is -2.33. The zero-order chi connectivity index (χ0) is 22.1. The Kier molecular flexibility index (Phi) is 5.13. The number of carbonyl (C=O) groups excluding carboxylic acids is 2. The number of ether oxygens (including phenoxy) is 1. The van der Waals surface area contributed by atoms with E-state index in [2.05, 4.69) is 10.4 Å². The van der Waals surface area contributed by atoms with Crippen molar-refractivity contribution in [2.24, 2.45) is 5.41 Å². The average molecular weight is 434 g/mol. The molecule has 1 saturated carbocycles. The molecule has 2 aromatic carbocycles. The highest BCUT2D eigenvalue weighted by Gasteiger charge is 2.66. The second-order valence-electron chi connectivity index (χ2n) is 8.22. The zero-order valence-corrected chi connectivity index (χ0v) is 17.4. The van der Waals surface area contributed by atoms with Crippen molar-refractivity contribution in [1.82, 2.24) is 15.1 Å². The van der Waals surface area contributed by atoms with Crippen molar-refractivity contribution in [3.05, 3.63) is 78.4 Å². The molecule has 0 spiro atoms. The van der Waals surface area contributed by atoms with Crippen molar-refractivity contribution >= 4 is 17.5 Å². The molecule has 1 N–H and O–H groups in total. The van der Waals surface area contributed by atoms with Crippen LogP contribution in [-0.2, 0) is 16.1 Å². The van der Waals surface area contributed by atoms with Gasteiger partial charge in [-0.1, -0.05) is 18.2 Å². The number of rotatable bonds is 8. The number of nitrogens with one attached hydrogen (secondary N) is 1. The molecule has 2 heterocycles. The highest BCUT2D eigenvalue weighted by Crippen LogP contribution is 2.65. The summed E-state index contributed by atoms with van der Waals surface area (Å²) in [5, 5.41) is 6.97. The highest BCUT2D eigenvalue weighted by molar-refractivity contribution is 6.07. The number of hydrogen-bond acceptors (Lipinski definition) is 4. The van der Waals surface area contributed by atoms with Gasteiger partial charge in [-0.05, 0) is 48.4 Å². The van der Waals surface area contributed by atoms with Crippen LogP contribution >= 0.6 is 0 Å². The summed E-state index contributed by atoms with van der Waals surface area (Å²) in [6.45, 7) is 1.11. The van der Waals surface area contributed by atoms with Gasteiger partial charge in [-0.3, -0.25) is 14.3 Å². The summed E-state index contributed by atoms with van der Waals surface area (Å²) in [6.07, 6.45) is 4.18. The molecular formula is C24H23FN4O3. The smallest absolute Gasteiger partial charge is 0.240 e. The molecule has 1 aromatic heterocycles. The number of fused-ring (bicyclic) bond motifs is 3. The Labute approximate surface area is 184 Å². The summed E-state index contributed by atoms with van der Waals surface area (Å²) in [6, 6.07) is 15.3. The fraction of sp³-hybridized carbons (Fsp3) is 0.292.